The molecule has 0 amide bonds. The van der Waals surface area contributed by atoms with E-state index in [4.69, 9.17) is 15.2 Å². The van der Waals surface area contributed by atoms with Crippen molar-refractivity contribution in [3.05, 3.63) is 95.2 Å². The fourth-order valence-corrected chi connectivity index (χ4v) is 4.18. The van der Waals surface area contributed by atoms with Gasteiger partial charge >= 0.3 is 11.9 Å². The zero-order chi connectivity index (χ0) is 25.1. The van der Waals surface area contributed by atoms with Gasteiger partial charge in [0.15, 0.2) is 0 Å². The van der Waals surface area contributed by atoms with Crippen LogP contribution in [0.5, 0.6) is 0 Å². The fourth-order valence-electron chi connectivity index (χ4n) is 4.18. The molecule has 0 aliphatic carbocycles. The number of hydrogen-bond acceptors (Lipinski definition) is 8. The fraction of sp³-hybridized carbons (Fsp3) is 0.154. The summed E-state index contributed by atoms with van der Waals surface area (Å²) in [5.74, 6) is -2.47. The molecule has 2 N–H and O–H groups in total. The van der Waals surface area contributed by atoms with Crippen LogP contribution in [0.25, 0.3) is 11.1 Å². The highest BCUT2D eigenvalue weighted by Crippen LogP contribution is 2.43. The molecule has 35 heavy (non-hydrogen) atoms. The molecule has 0 bridgehead atoms. The van der Waals surface area contributed by atoms with Gasteiger partial charge in [0.05, 0.1) is 43.5 Å². The van der Waals surface area contributed by atoms with Gasteiger partial charge in [0.25, 0.3) is 0 Å². The lowest BCUT2D eigenvalue weighted by atomic mass is 9.81. The van der Waals surface area contributed by atoms with Gasteiger partial charge in [-0.25, -0.2) is 9.59 Å². The predicted molar refractivity (Wildman–Crippen MR) is 128 cm³/mol. The second-order valence-electron chi connectivity index (χ2n) is 7.79. The summed E-state index contributed by atoms with van der Waals surface area (Å²) in [6, 6.07) is 18.2. The molecule has 1 unspecified atom stereocenters. The number of allylic oxidation sites excluding steroid dienone is 1. The van der Waals surface area contributed by atoms with Crippen molar-refractivity contribution in [1.82, 2.24) is 9.78 Å². The van der Waals surface area contributed by atoms with Crippen LogP contribution in [-0.2, 0) is 26.1 Å². The molecular weight excluding hydrogens is 446 g/mol. The topological polar surface area (TPSA) is 123 Å². The molecule has 9 heteroatoms. The molecule has 0 spiro atoms. The molecule has 2 heterocycles. The Morgan fingerprint density at radius 2 is 1.74 bits per heavy atom. The number of rotatable bonds is 5. The van der Waals surface area contributed by atoms with Crippen LogP contribution in [0.1, 0.15) is 11.5 Å². The standard InChI is InChI=1S/C26H23N5O4/c1-30-15-18(14-29-30)17-10-7-11-19(12-17)31-23(26(33)35-3)22(25(32)34-2)21(20(13-27)24(31)28)16-8-5-4-6-9-16/h4-12,14-15,21H,28H2,1-3H3. The van der Waals surface area contributed by atoms with Gasteiger partial charge in [-0.15, -0.1) is 0 Å². The van der Waals surface area contributed by atoms with Crippen LogP contribution in [0.3, 0.4) is 0 Å². The first-order chi connectivity index (χ1) is 16.9. The van der Waals surface area contributed by atoms with E-state index in [1.165, 1.54) is 19.1 Å². The van der Waals surface area contributed by atoms with Gasteiger partial charge < -0.3 is 15.2 Å². The summed E-state index contributed by atoms with van der Waals surface area (Å²) in [6.45, 7) is 0. The highest BCUT2D eigenvalue weighted by molar-refractivity contribution is 6.06. The molecule has 4 rings (SSSR count). The summed E-state index contributed by atoms with van der Waals surface area (Å²) < 4.78 is 11.8. The third-order valence-corrected chi connectivity index (χ3v) is 5.75. The van der Waals surface area contributed by atoms with Crippen LogP contribution in [0.2, 0.25) is 0 Å². The lowest BCUT2D eigenvalue weighted by molar-refractivity contribution is -0.139. The Morgan fingerprint density at radius 3 is 2.34 bits per heavy atom. The molecular formula is C26H23N5O4. The minimum atomic E-state index is -0.916. The first-order valence-electron chi connectivity index (χ1n) is 10.7. The van der Waals surface area contributed by atoms with E-state index in [0.29, 0.717) is 11.3 Å². The first-order valence-corrected chi connectivity index (χ1v) is 10.7. The van der Waals surface area contributed by atoms with Crippen LogP contribution < -0.4 is 10.6 Å². The monoisotopic (exact) mass is 469 g/mol. The molecule has 1 aliphatic rings. The van der Waals surface area contributed by atoms with E-state index in [-0.39, 0.29) is 22.7 Å². The van der Waals surface area contributed by atoms with E-state index < -0.39 is 17.9 Å². The number of hydrogen-bond donors (Lipinski definition) is 1. The number of nitrogens with zero attached hydrogens (tertiary/aromatic N) is 4. The zero-order valence-corrected chi connectivity index (χ0v) is 19.4. The number of esters is 2. The number of ether oxygens (including phenoxy) is 2. The van der Waals surface area contributed by atoms with Crippen molar-refractivity contribution < 1.29 is 19.1 Å². The Morgan fingerprint density at radius 1 is 1.03 bits per heavy atom. The maximum Gasteiger partial charge on any atom is 0.355 e. The lowest BCUT2D eigenvalue weighted by Crippen LogP contribution is -2.40. The minimum Gasteiger partial charge on any atom is -0.466 e. The number of carbonyl (C=O) groups is 2. The van der Waals surface area contributed by atoms with Gasteiger partial charge in [-0.05, 0) is 23.3 Å². The quantitative estimate of drug-likeness (QED) is 0.566. The van der Waals surface area contributed by atoms with Crippen LogP contribution in [0.4, 0.5) is 5.69 Å². The Labute approximate surface area is 202 Å². The van der Waals surface area contributed by atoms with E-state index in [2.05, 4.69) is 11.2 Å². The lowest BCUT2D eigenvalue weighted by Gasteiger charge is -2.36. The van der Waals surface area contributed by atoms with Crippen molar-refractivity contribution in [2.75, 3.05) is 19.1 Å². The number of aryl methyl sites for hydroxylation is 1. The molecule has 0 saturated carbocycles. The molecule has 0 saturated heterocycles. The predicted octanol–water partition coefficient (Wildman–Crippen LogP) is 2.98. The number of carbonyl (C=O) groups excluding carboxylic acids is 2. The van der Waals surface area contributed by atoms with Gasteiger partial charge in [-0.2, -0.15) is 10.4 Å². The van der Waals surface area contributed by atoms with E-state index in [1.54, 1.807) is 53.3 Å². The smallest absolute Gasteiger partial charge is 0.355 e. The molecule has 1 atom stereocenters. The van der Waals surface area contributed by atoms with Crippen molar-refractivity contribution >= 4 is 17.6 Å². The summed E-state index contributed by atoms with van der Waals surface area (Å²) in [6.07, 6.45) is 3.55. The normalized spacial score (nSPS) is 15.6. The van der Waals surface area contributed by atoms with Gasteiger partial charge in [0.1, 0.15) is 11.5 Å². The SMILES string of the molecule is COC(=O)C1=C(C(=O)OC)N(c2cccc(-c3cnn(C)c3)c2)C(N)=C(C#N)C1c1ccccc1. The molecule has 2 aromatic carbocycles. The maximum atomic E-state index is 13.2. The Kier molecular flexibility index (Phi) is 6.38. The van der Waals surface area contributed by atoms with E-state index in [9.17, 15) is 14.9 Å². The number of anilines is 1. The Balaban J connectivity index is 2.01. The van der Waals surface area contributed by atoms with Crippen LogP contribution >= 0.6 is 0 Å². The van der Waals surface area contributed by atoms with Gasteiger partial charge in [-0.1, -0.05) is 42.5 Å². The first kappa shape index (κ1) is 23.3. The summed E-state index contributed by atoms with van der Waals surface area (Å²) in [5.41, 5.74) is 9.21. The van der Waals surface area contributed by atoms with Gasteiger partial charge in [0.2, 0.25) is 0 Å². The van der Waals surface area contributed by atoms with Gasteiger partial charge in [-0.3, -0.25) is 9.58 Å². The molecule has 0 fully saturated rings. The zero-order valence-electron chi connectivity index (χ0n) is 19.4. The number of methoxy groups -OCH3 is 2. The number of benzene rings is 2. The highest BCUT2D eigenvalue weighted by atomic mass is 16.5. The second kappa shape index (κ2) is 9.57. The highest BCUT2D eigenvalue weighted by Gasteiger charge is 2.43. The third kappa shape index (κ3) is 4.13. The number of nitrogens with two attached hydrogens (primary N) is 1. The van der Waals surface area contributed by atoms with Crippen molar-refractivity contribution in [1.29, 1.82) is 5.26 Å². The van der Waals surface area contributed by atoms with Crippen molar-refractivity contribution in [3.8, 4) is 17.2 Å². The van der Waals surface area contributed by atoms with Crippen LogP contribution in [0.15, 0.2) is 89.7 Å². The van der Waals surface area contributed by atoms with Crippen LogP contribution in [-0.4, -0.2) is 35.9 Å². The molecule has 3 aromatic rings. The minimum absolute atomic E-state index is 0.0118. The van der Waals surface area contributed by atoms with Crippen molar-refractivity contribution in [2.24, 2.45) is 12.8 Å². The summed E-state index contributed by atoms with van der Waals surface area (Å²) in [4.78, 5) is 27.6. The molecule has 0 radical (unpaired) electrons. The number of nitriles is 1. The van der Waals surface area contributed by atoms with E-state index in [1.807, 2.05) is 25.4 Å². The summed E-state index contributed by atoms with van der Waals surface area (Å²) in [5, 5.41) is 14.3. The average molecular weight is 470 g/mol. The largest absolute Gasteiger partial charge is 0.466 e. The molecule has 1 aromatic heterocycles. The molecule has 176 valence electrons. The Hall–Kier alpha value is -4.84. The van der Waals surface area contributed by atoms with Crippen molar-refractivity contribution in [3.63, 3.8) is 0 Å². The third-order valence-electron chi connectivity index (χ3n) is 5.75. The van der Waals surface area contributed by atoms with Crippen molar-refractivity contribution in [2.45, 2.75) is 5.92 Å². The summed E-state index contributed by atoms with van der Waals surface area (Å²) in [7, 11) is 4.24. The Bertz CT molecular complexity index is 1400. The molecule has 1 aliphatic heterocycles. The summed E-state index contributed by atoms with van der Waals surface area (Å²) >= 11 is 0. The van der Waals surface area contributed by atoms with E-state index >= 15 is 0 Å². The number of aromatic nitrogens is 2. The van der Waals surface area contributed by atoms with Crippen LogP contribution in [0, 0.1) is 11.3 Å². The van der Waals surface area contributed by atoms with E-state index in [0.717, 1.165) is 11.1 Å². The maximum absolute atomic E-state index is 13.2. The second-order valence-corrected chi connectivity index (χ2v) is 7.79. The van der Waals surface area contributed by atoms with Gasteiger partial charge in [0, 0.05) is 24.5 Å². The average Bonchev–Trinajstić information content (AvgIpc) is 3.33. The molecule has 9 nitrogen and oxygen atoms in total.